The molecule has 0 aliphatic heterocycles. The van der Waals surface area contributed by atoms with E-state index < -0.39 is 0 Å². The molecule has 242 valence electrons. The molecule has 0 aliphatic carbocycles. The van der Waals surface area contributed by atoms with Gasteiger partial charge in [-0.1, -0.05) is 77.6 Å². The number of benzene rings is 4. The topological polar surface area (TPSA) is 56.5 Å². The van der Waals surface area contributed by atoms with Crippen LogP contribution in [0.2, 0.25) is 0 Å². The summed E-state index contributed by atoms with van der Waals surface area (Å²) in [5.41, 5.74) is 5.64. The molecule has 0 amide bonds. The number of ether oxygens (including phenoxy) is 2. The molecular formula is C39H45FN2O3S. The molecule has 1 aromatic heterocycles. The van der Waals surface area contributed by atoms with Gasteiger partial charge in [0.2, 0.25) is 0 Å². The number of aryl methyl sites for hydroxylation is 1. The minimum absolute atomic E-state index is 0.0231. The van der Waals surface area contributed by atoms with E-state index in [0.717, 1.165) is 61.1 Å². The molecule has 1 heterocycles. The number of phenolic OH excluding ortho intramolecular Hbond substituents is 1. The highest BCUT2D eigenvalue weighted by Crippen LogP contribution is 2.43. The van der Waals surface area contributed by atoms with Crippen molar-refractivity contribution in [2.24, 2.45) is 7.05 Å². The standard InChI is InChI=1S/C39H45FN2O3S/c1-25(44-23-27-9-13-28(40)14-10-27)19-26-11-15-29(16-12-26)45-24-36-41-34-18-17-30(22-35(34)42(36)8)46-31-20-32(38(2,3)4)37(43)33(21-31)39(5,6)7/h9-18,20-22,25,43H,19,23-24H2,1-8H3. The lowest BCUT2D eigenvalue weighted by atomic mass is 9.79. The van der Waals surface area contributed by atoms with Crippen molar-refractivity contribution >= 4 is 22.8 Å². The fourth-order valence-corrected chi connectivity index (χ4v) is 6.37. The predicted octanol–water partition coefficient (Wildman–Crippen LogP) is 9.89. The molecule has 5 aromatic rings. The summed E-state index contributed by atoms with van der Waals surface area (Å²) in [5.74, 6) is 1.78. The molecule has 0 aliphatic rings. The fourth-order valence-electron chi connectivity index (χ4n) is 5.44. The van der Waals surface area contributed by atoms with Crippen LogP contribution in [-0.4, -0.2) is 20.8 Å². The average molecular weight is 641 g/mol. The van der Waals surface area contributed by atoms with E-state index in [1.165, 1.54) is 12.1 Å². The second kappa shape index (κ2) is 13.5. The number of phenols is 1. The molecule has 1 atom stereocenters. The zero-order valence-electron chi connectivity index (χ0n) is 28.1. The smallest absolute Gasteiger partial charge is 0.147 e. The molecule has 0 spiro atoms. The van der Waals surface area contributed by atoms with Crippen LogP contribution < -0.4 is 4.74 Å². The van der Waals surface area contributed by atoms with E-state index in [0.29, 0.717) is 19.0 Å². The van der Waals surface area contributed by atoms with Gasteiger partial charge in [-0.05, 0) is 89.9 Å². The number of aromatic hydroxyl groups is 1. The van der Waals surface area contributed by atoms with Gasteiger partial charge in [-0.2, -0.15) is 0 Å². The number of fused-ring (bicyclic) bond motifs is 1. The fraction of sp³-hybridized carbons (Fsp3) is 0.359. The van der Waals surface area contributed by atoms with E-state index in [4.69, 9.17) is 14.5 Å². The Labute approximate surface area is 276 Å². The molecule has 0 saturated heterocycles. The van der Waals surface area contributed by atoms with Crippen molar-refractivity contribution < 1.29 is 19.0 Å². The maximum absolute atomic E-state index is 13.1. The third-order valence-corrected chi connectivity index (χ3v) is 9.10. The van der Waals surface area contributed by atoms with Gasteiger partial charge in [0.25, 0.3) is 0 Å². The monoisotopic (exact) mass is 640 g/mol. The summed E-state index contributed by atoms with van der Waals surface area (Å²) in [4.78, 5) is 7.06. The molecule has 1 N–H and O–H groups in total. The molecule has 0 bridgehead atoms. The van der Waals surface area contributed by atoms with Crippen molar-refractivity contribution in [3.8, 4) is 11.5 Å². The minimum atomic E-state index is -0.241. The Morgan fingerprint density at radius 1 is 0.804 bits per heavy atom. The Hall–Kier alpha value is -3.81. The van der Waals surface area contributed by atoms with E-state index in [1.807, 2.05) is 26.1 Å². The number of rotatable bonds is 10. The van der Waals surface area contributed by atoms with Crippen molar-refractivity contribution in [3.63, 3.8) is 0 Å². The van der Waals surface area contributed by atoms with Crippen molar-refractivity contribution in [1.82, 2.24) is 9.55 Å². The minimum Gasteiger partial charge on any atom is -0.507 e. The van der Waals surface area contributed by atoms with Gasteiger partial charge in [0, 0.05) is 28.0 Å². The van der Waals surface area contributed by atoms with Gasteiger partial charge in [-0.15, -0.1) is 0 Å². The summed E-state index contributed by atoms with van der Waals surface area (Å²) in [6.07, 6.45) is 0.793. The first-order valence-corrected chi connectivity index (χ1v) is 16.6. The van der Waals surface area contributed by atoms with Crippen LogP contribution in [0.3, 0.4) is 0 Å². The molecule has 0 saturated carbocycles. The van der Waals surface area contributed by atoms with Crippen LogP contribution in [0.15, 0.2) is 88.7 Å². The van der Waals surface area contributed by atoms with Crippen LogP contribution >= 0.6 is 11.8 Å². The first-order valence-electron chi connectivity index (χ1n) is 15.8. The third kappa shape index (κ3) is 8.12. The maximum atomic E-state index is 13.1. The summed E-state index contributed by atoms with van der Waals surface area (Å²) < 4.78 is 27.3. The third-order valence-electron chi connectivity index (χ3n) is 8.14. The van der Waals surface area contributed by atoms with Gasteiger partial charge in [0.05, 0.1) is 23.7 Å². The largest absolute Gasteiger partial charge is 0.507 e. The van der Waals surface area contributed by atoms with Crippen LogP contribution in [0.4, 0.5) is 4.39 Å². The molecule has 5 rings (SSSR count). The first kappa shape index (κ1) is 33.6. The van der Waals surface area contributed by atoms with Gasteiger partial charge >= 0.3 is 0 Å². The number of hydrogen-bond donors (Lipinski definition) is 1. The van der Waals surface area contributed by atoms with E-state index >= 15 is 0 Å². The normalized spacial score (nSPS) is 12.9. The Morgan fingerprint density at radius 2 is 1.41 bits per heavy atom. The van der Waals surface area contributed by atoms with Gasteiger partial charge in [-0.3, -0.25) is 0 Å². The Morgan fingerprint density at radius 3 is 2.02 bits per heavy atom. The van der Waals surface area contributed by atoms with E-state index in [-0.39, 0.29) is 22.8 Å². The van der Waals surface area contributed by atoms with Gasteiger partial charge < -0.3 is 19.1 Å². The first-order chi connectivity index (χ1) is 21.7. The summed E-state index contributed by atoms with van der Waals surface area (Å²) in [6, 6.07) is 25.1. The number of aromatic nitrogens is 2. The lowest BCUT2D eigenvalue weighted by Gasteiger charge is -2.28. The number of halogens is 1. The quantitative estimate of drug-likeness (QED) is 0.165. The van der Waals surface area contributed by atoms with Gasteiger partial charge in [0.15, 0.2) is 0 Å². The lowest BCUT2D eigenvalue weighted by molar-refractivity contribution is 0.0535. The highest BCUT2D eigenvalue weighted by molar-refractivity contribution is 7.99. The highest BCUT2D eigenvalue weighted by Gasteiger charge is 2.27. The highest BCUT2D eigenvalue weighted by atomic mass is 32.2. The van der Waals surface area contributed by atoms with Gasteiger partial charge in [-0.25, -0.2) is 9.37 Å². The van der Waals surface area contributed by atoms with E-state index in [1.54, 1.807) is 23.9 Å². The van der Waals surface area contributed by atoms with E-state index in [2.05, 4.69) is 88.6 Å². The second-order valence-electron chi connectivity index (χ2n) is 14.1. The van der Waals surface area contributed by atoms with Crippen LogP contribution in [0.5, 0.6) is 11.5 Å². The Bertz CT molecular complexity index is 1760. The average Bonchev–Trinajstić information content (AvgIpc) is 3.30. The second-order valence-corrected chi connectivity index (χ2v) is 15.2. The number of imidazole rings is 1. The summed E-state index contributed by atoms with van der Waals surface area (Å²) >= 11 is 1.70. The SMILES string of the molecule is CC(Cc1ccc(OCc2nc3ccc(Sc4cc(C(C)(C)C)c(O)c(C(C)(C)C)c4)cc3n2C)cc1)OCc1ccc(F)cc1. The van der Waals surface area contributed by atoms with Crippen molar-refractivity contribution in [2.45, 2.75) is 94.8 Å². The van der Waals surface area contributed by atoms with Crippen LogP contribution in [0, 0.1) is 5.82 Å². The van der Waals surface area contributed by atoms with Crippen molar-refractivity contribution in [3.05, 3.63) is 113 Å². The zero-order chi connectivity index (χ0) is 33.2. The zero-order valence-corrected chi connectivity index (χ0v) is 29.0. The molecule has 0 radical (unpaired) electrons. The molecule has 5 nitrogen and oxygen atoms in total. The summed E-state index contributed by atoms with van der Waals surface area (Å²) in [5, 5.41) is 11.1. The molecule has 1 unspecified atom stereocenters. The van der Waals surface area contributed by atoms with E-state index in [9.17, 15) is 9.50 Å². The molecule has 7 heteroatoms. The molecular weight excluding hydrogens is 596 g/mol. The van der Waals surface area contributed by atoms with Crippen molar-refractivity contribution in [1.29, 1.82) is 0 Å². The van der Waals surface area contributed by atoms with Crippen molar-refractivity contribution in [2.75, 3.05) is 0 Å². The number of hydrogen-bond acceptors (Lipinski definition) is 5. The lowest BCUT2D eigenvalue weighted by Crippen LogP contribution is -2.17. The Balaban J connectivity index is 1.23. The predicted molar refractivity (Wildman–Crippen MR) is 185 cm³/mol. The Kier molecular flexibility index (Phi) is 9.85. The van der Waals surface area contributed by atoms with Crippen LogP contribution in [0.25, 0.3) is 11.0 Å². The summed E-state index contributed by atoms with van der Waals surface area (Å²) in [7, 11) is 2.02. The number of nitrogens with zero attached hydrogens (tertiary/aromatic N) is 2. The van der Waals surface area contributed by atoms with Crippen LogP contribution in [0.1, 0.15) is 76.5 Å². The van der Waals surface area contributed by atoms with Gasteiger partial charge in [0.1, 0.15) is 29.7 Å². The molecule has 46 heavy (non-hydrogen) atoms. The molecule has 0 fully saturated rings. The molecule has 4 aromatic carbocycles. The maximum Gasteiger partial charge on any atom is 0.147 e. The van der Waals surface area contributed by atoms with Crippen LogP contribution in [-0.2, 0) is 42.2 Å². The summed E-state index contributed by atoms with van der Waals surface area (Å²) in [6.45, 7) is 15.7.